The van der Waals surface area contributed by atoms with Gasteiger partial charge in [0.25, 0.3) is 0 Å². The van der Waals surface area contributed by atoms with E-state index < -0.39 is 12.1 Å². The smallest absolute Gasteiger partial charge is 0.330 e. The molecule has 0 heterocycles. The first-order valence-corrected chi connectivity index (χ1v) is 8.18. The number of carbonyl (C=O) groups is 1. The van der Waals surface area contributed by atoms with Gasteiger partial charge in [-0.05, 0) is 35.0 Å². The van der Waals surface area contributed by atoms with E-state index in [-0.39, 0.29) is 13.2 Å². The van der Waals surface area contributed by atoms with Crippen molar-refractivity contribution in [3.63, 3.8) is 0 Å². The zero-order chi connectivity index (χ0) is 17.8. The molecule has 0 amide bonds. The number of hydrogen-bond donors (Lipinski definition) is 1. The first-order valence-electron chi connectivity index (χ1n) is 7.80. The maximum atomic E-state index is 11.3. The summed E-state index contributed by atoms with van der Waals surface area (Å²) in [4.78, 5) is 11.3. The minimum Gasteiger partial charge on any atom is -0.488 e. The summed E-state index contributed by atoms with van der Waals surface area (Å²) in [5, 5.41) is 13.8. The van der Waals surface area contributed by atoms with E-state index in [9.17, 15) is 9.90 Å². The second-order valence-electron chi connectivity index (χ2n) is 5.55. The fraction of sp³-hybridized carbons (Fsp3) is 0.150. The number of carbonyl (C=O) groups excluding carboxylic acids is 1. The molecule has 0 saturated heterocycles. The molecule has 0 aliphatic rings. The van der Waals surface area contributed by atoms with E-state index in [2.05, 4.69) is 6.58 Å². The Morgan fingerprint density at radius 1 is 1.16 bits per heavy atom. The zero-order valence-electron chi connectivity index (χ0n) is 13.4. The number of rotatable bonds is 6. The molecule has 128 valence electrons. The van der Waals surface area contributed by atoms with E-state index in [0.29, 0.717) is 10.8 Å². The SMILES string of the molecule is C=CC(=O)OC(CO)COc1c2ccccc2cc2cc(Cl)ccc12. The number of aliphatic hydroxyl groups excluding tert-OH is 1. The number of hydrogen-bond acceptors (Lipinski definition) is 4. The van der Waals surface area contributed by atoms with E-state index in [4.69, 9.17) is 21.1 Å². The number of aliphatic hydroxyl groups is 1. The van der Waals surface area contributed by atoms with Crippen LogP contribution in [-0.4, -0.2) is 30.4 Å². The average Bonchev–Trinajstić information content (AvgIpc) is 2.63. The second-order valence-corrected chi connectivity index (χ2v) is 5.99. The molecule has 4 nitrogen and oxygen atoms in total. The Labute approximate surface area is 150 Å². The Morgan fingerprint density at radius 3 is 2.68 bits per heavy atom. The van der Waals surface area contributed by atoms with Crippen LogP contribution in [0.5, 0.6) is 5.75 Å². The minimum atomic E-state index is -0.771. The van der Waals surface area contributed by atoms with Gasteiger partial charge in [-0.25, -0.2) is 4.79 Å². The van der Waals surface area contributed by atoms with Gasteiger partial charge in [-0.15, -0.1) is 0 Å². The number of benzene rings is 3. The molecule has 0 aliphatic heterocycles. The molecular weight excluding hydrogens is 340 g/mol. The Balaban J connectivity index is 2.00. The predicted octanol–water partition coefficient (Wildman–Crippen LogP) is 4.12. The molecular formula is C20H17ClO4. The summed E-state index contributed by atoms with van der Waals surface area (Å²) < 4.78 is 11.0. The third-order valence-electron chi connectivity index (χ3n) is 3.84. The highest BCUT2D eigenvalue weighted by Crippen LogP contribution is 2.36. The van der Waals surface area contributed by atoms with Crippen LogP contribution in [0.2, 0.25) is 5.02 Å². The van der Waals surface area contributed by atoms with Crippen molar-refractivity contribution in [1.29, 1.82) is 0 Å². The highest BCUT2D eigenvalue weighted by Gasteiger charge is 2.15. The van der Waals surface area contributed by atoms with Crippen molar-refractivity contribution in [2.24, 2.45) is 0 Å². The van der Waals surface area contributed by atoms with Gasteiger partial charge in [0.2, 0.25) is 0 Å². The van der Waals surface area contributed by atoms with Crippen LogP contribution in [0.4, 0.5) is 0 Å². The lowest BCUT2D eigenvalue weighted by molar-refractivity contribution is -0.146. The average molecular weight is 357 g/mol. The Bertz CT molecular complexity index is 936. The van der Waals surface area contributed by atoms with Crippen LogP contribution >= 0.6 is 11.6 Å². The van der Waals surface area contributed by atoms with Gasteiger partial charge in [-0.1, -0.05) is 42.4 Å². The van der Waals surface area contributed by atoms with E-state index in [1.807, 2.05) is 42.5 Å². The van der Waals surface area contributed by atoms with Gasteiger partial charge >= 0.3 is 5.97 Å². The molecule has 1 N–H and O–H groups in total. The van der Waals surface area contributed by atoms with Gasteiger partial charge in [-0.3, -0.25) is 0 Å². The van der Waals surface area contributed by atoms with Gasteiger partial charge in [0.15, 0.2) is 6.10 Å². The van der Waals surface area contributed by atoms with Gasteiger partial charge in [0.1, 0.15) is 12.4 Å². The molecule has 1 atom stereocenters. The molecule has 1 unspecified atom stereocenters. The fourth-order valence-electron chi connectivity index (χ4n) is 2.67. The molecule has 0 aromatic heterocycles. The predicted molar refractivity (Wildman–Crippen MR) is 99.1 cm³/mol. The lowest BCUT2D eigenvalue weighted by Crippen LogP contribution is -2.27. The van der Waals surface area contributed by atoms with Crippen LogP contribution in [-0.2, 0) is 9.53 Å². The molecule has 25 heavy (non-hydrogen) atoms. The molecule has 3 aromatic rings. The van der Waals surface area contributed by atoms with Crippen LogP contribution in [0.1, 0.15) is 0 Å². The Morgan fingerprint density at radius 2 is 1.92 bits per heavy atom. The molecule has 0 saturated carbocycles. The van der Waals surface area contributed by atoms with E-state index in [1.165, 1.54) is 0 Å². The highest BCUT2D eigenvalue weighted by atomic mass is 35.5. The number of esters is 1. The molecule has 5 heteroatoms. The molecule has 0 spiro atoms. The van der Waals surface area contributed by atoms with Crippen LogP contribution in [0.15, 0.2) is 61.2 Å². The van der Waals surface area contributed by atoms with Crippen molar-refractivity contribution < 1.29 is 19.4 Å². The first kappa shape index (κ1) is 17.3. The third kappa shape index (κ3) is 3.76. The highest BCUT2D eigenvalue weighted by molar-refractivity contribution is 6.31. The van der Waals surface area contributed by atoms with E-state index in [1.54, 1.807) is 6.07 Å². The minimum absolute atomic E-state index is 0.0296. The van der Waals surface area contributed by atoms with Crippen molar-refractivity contribution in [2.45, 2.75) is 6.10 Å². The zero-order valence-corrected chi connectivity index (χ0v) is 14.2. The molecule has 3 aromatic carbocycles. The van der Waals surface area contributed by atoms with Gasteiger partial charge in [-0.2, -0.15) is 0 Å². The Kier molecular flexibility index (Phi) is 5.22. The first-order chi connectivity index (χ1) is 12.1. The maximum absolute atomic E-state index is 11.3. The van der Waals surface area contributed by atoms with Crippen LogP contribution in [0.25, 0.3) is 21.5 Å². The van der Waals surface area contributed by atoms with Crippen LogP contribution < -0.4 is 4.74 Å². The summed E-state index contributed by atoms with van der Waals surface area (Å²) in [6.45, 7) is 3.04. The topological polar surface area (TPSA) is 55.8 Å². The van der Waals surface area contributed by atoms with Gasteiger partial charge < -0.3 is 14.6 Å². The summed E-state index contributed by atoms with van der Waals surface area (Å²) >= 11 is 6.10. The van der Waals surface area contributed by atoms with Crippen molar-refractivity contribution in [3.05, 3.63) is 66.2 Å². The molecule has 0 aliphatic carbocycles. The number of ether oxygens (including phenoxy) is 2. The quantitative estimate of drug-likeness (QED) is 0.410. The van der Waals surface area contributed by atoms with Crippen molar-refractivity contribution in [1.82, 2.24) is 0 Å². The second kappa shape index (κ2) is 7.55. The number of fused-ring (bicyclic) bond motifs is 2. The number of halogens is 1. The van der Waals surface area contributed by atoms with Crippen molar-refractivity contribution in [3.8, 4) is 5.75 Å². The van der Waals surface area contributed by atoms with Crippen LogP contribution in [0.3, 0.4) is 0 Å². The molecule has 3 rings (SSSR count). The maximum Gasteiger partial charge on any atom is 0.330 e. The molecule has 0 radical (unpaired) electrons. The summed E-state index contributed by atoms with van der Waals surface area (Å²) in [6.07, 6.45) is 0.282. The van der Waals surface area contributed by atoms with Crippen LogP contribution in [0, 0.1) is 0 Å². The molecule has 0 bridgehead atoms. The third-order valence-corrected chi connectivity index (χ3v) is 4.08. The summed E-state index contributed by atoms with van der Waals surface area (Å²) in [5.41, 5.74) is 0. The fourth-order valence-corrected chi connectivity index (χ4v) is 2.85. The normalized spacial score (nSPS) is 12.1. The van der Waals surface area contributed by atoms with Crippen molar-refractivity contribution in [2.75, 3.05) is 13.2 Å². The summed E-state index contributed by atoms with van der Waals surface area (Å²) in [6, 6.07) is 15.4. The lowest BCUT2D eigenvalue weighted by Gasteiger charge is -2.18. The Hall–Kier alpha value is -2.56. The van der Waals surface area contributed by atoms with Crippen molar-refractivity contribution >= 4 is 39.1 Å². The summed E-state index contributed by atoms with van der Waals surface area (Å²) in [5.74, 6) is 0.0649. The van der Waals surface area contributed by atoms with E-state index >= 15 is 0 Å². The standard InChI is InChI=1S/C20H17ClO4/c1-2-19(23)25-16(11-22)12-24-20-17-6-4-3-5-13(17)9-14-10-15(21)7-8-18(14)20/h2-10,16,22H,1,11-12H2. The van der Waals surface area contributed by atoms with E-state index in [0.717, 1.165) is 27.6 Å². The molecule has 0 fully saturated rings. The van der Waals surface area contributed by atoms with Gasteiger partial charge in [0.05, 0.1) is 6.61 Å². The summed E-state index contributed by atoms with van der Waals surface area (Å²) in [7, 11) is 0. The van der Waals surface area contributed by atoms with Gasteiger partial charge in [0, 0.05) is 21.9 Å². The lowest BCUT2D eigenvalue weighted by atomic mass is 10.0. The largest absolute Gasteiger partial charge is 0.488 e. The monoisotopic (exact) mass is 356 g/mol.